The molecule has 1 aromatic heterocycles. The Hall–Kier alpha value is -7.28. The smallest absolute Gasteiger partial charge is 0.259 e. The summed E-state index contributed by atoms with van der Waals surface area (Å²) in [7, 11) is 0. The predicted octanol–water partition coefficient (Wildman–Crippen LogP) is 7.09. The highest BCUT2D eigenvalue weighted by Gasteiger charge is 2.35. The molecule has 1 atom stereocenters. The van der Waals surface area contributed by atoms with Crippen molar-refractivity contribution in [3.05, 3.63) is 141 Å². The van der Waals surface area contributed by atoms with E-state index in [0.717, 1.165) is 5.56 Å². The summed E-state index contributed by atoms with van der Waals surface area (Å²) in [5, 5.41) is 38.8. The molecule has 0 bridgehead atoms. The van der Waals surface area contributed by atoms with Crippen molar-refractivity contribution in [2.24, 2.45) is 0 Å². The molecule has 6 N–H and O–H groups in total. The van der Waals surface area contributed by atoms with E-state index in [2.05, 4.69) is 20.9 Å². The van der Waals surface area contributed by atoms with Crippen molar-refractivity contribution in [1.29, 1.82) is 0 Å². The first kappa shape index (κ1) is 40.4. The van der Waals surface area contributed by atoms with Crippen LogP contribution in [0.15, 0.2) is 96.7 Å². The number of aryl methyl sites for hydroxylation is 1. The van der Waals surface area contributed by atoms with Gasteiger partial charge in [0.25, 0.3) is 17.7 Å². The fourth-order valence-corrected chi connectivity index (χ4v) is 6.61. The molecule has 0 spiro atoms. The van der Waals surface area contributed by atoms with E-state index in [9.17, 15) is 39.3 Å². The molecular weight excluding hydrogens is 739 g/mol. The molecule has 1 aliphatic rings. The van der Waals surface area contributed by atoms with Gasteiger partial charge in [-0.25, -0.2) is 0 Å². The van der Waals surface area contributed by atoms with E-state index < -0.39 is 17.9 Å². The van der Waals surface area contributed by atoms with Crippen LogP contribution >= 0.6 is 0 Å². The number of likely N-dealkylation sites (tertiary alicyclic amines) is 1. The average Bonchev–Trinajstić information content (AvgIpc) is 3.71. The first-order chi connectivity index (χ1) is 27.7. The van der Waals surface area contributed by atoms with Crippen molar-refractivity contribution < 1.29 is 39.3 Å². The lowest BCUT2D eigenvalue weighted by molar-refractivity contribution is -0.119. The Labute approximate surface area is 335 Å². The Kier molecular flexibility index (Phi) is 12.0. The van der Waals surface area contributed by atoms with Gasteiger partial charge < -0.3 is 36.2 Å². The number of hydrogen-bond acceptors (Lipinski definition) is 9. The minimum absolute atomic E-state index is 0.0111. The van der Waals surface area contributed by atoms with Gasteiger partial charge >= 0.3 is 0 Å². The van der Waals surface area contributed by atoms with Gasteiger partial charge in [-0.1, -0.05) is 18.2 Å². The second kappa shape index (κ2) is 17.2. The van der Waals surface area contributed by atoms with Crippen LogP contribution in [0, 0.1) is 20.8 Å². The highest BCUT2D eigenvalue weighted by molar-refractivity contribution is 6.09. The third kappa shape index (κ3) is 9.05. The monoisotopic (exact) mass is 781 g/mol. The Morgan fingerprint density at radius 2 is 1.38 bits per heavy atom. The maximum absolute atomic E-state index is 13.5. The molecule has 2 heterocycles. The van der Waals surface area contributed by atoms with Gasteiger partial charge in [-0.2, -0.15) is 0 Å². The molecule has 5 aromatic rings. The number of ketones is 1. The number of phenols is 3. The zero-order valence-corrected chi connectivity index (χ0v) is 32.4. The molecule has 4 amide bonds. The fraction of sp³-hybridized carbons (Fsp3) is 0.200. The lowest BCUT2D eigenvalue weighted by atomic mass is 10.0. The molecule has 1 saturated heterocycles. The van der Waals surface area contributed by atoms with E-state index in [0.29, 0.717) is 64.4 Å². The number of aromatic hydroxyl groups is 3. The molecule has 0 unspecified atom stereocenters. The number of benzene rings is 4. The number of Topliss-reactive ketones (excluding diaryl/α,β-unsaturated/α-hetero) is 1. The zero-order valence-electron chi connectivity index (χ0n) is 32.4. The van der Waals surface area contributed by atoms with Crippen LogP contribution in [-0.2, 0) is 16.0 Å². The maximum atomic E-state index is 13.5. The quantitative estimate of drug-likeness (QED) is 0.0758. The summed E-state index contributed by atoms with van der Waals surface area (Å²) in [6, 6.07) is 21.4. The molecule has 0 aliphatic carbocycles. The van der Waals surface area contributed by atoms with Gasteiger partial charge in [-0.05, 0) is 130 Å². The molecular formula is C45H43N5O8. The number of nitrogens with one attached hydrogen (secondary N) is 3. The summed E-state index contributed by atoms with van der Waals surface area (Å²) in [6.07, 6.45) is 4.28. The van der Waals surface area contributed by atoms with Crippen LogP contribution in [0.4, 0.5) is 17.1 Å². The van der Waals surface area contributed by atoms with E-state index in [1.807, 2.05) is 0 Å². The van der Waals surface area contributed by atoms with Crippen LogP contribution in [0.5, 0.6) is 17.2 Å². The van der Waals surface area contributed by atoms with Crippen LogP contribution < -0.4 is 16.0 Å². The number of carbonyl (C=O) groups is 5. The van der Waals surface area contributed by atoms with Gasteiger partial charge in [0.05, 0.1) is 17.5 Å². The number of carbonyl (C=O) groups excluding carboxylic acids is 5. The first-order valence-corrected chi connectivity index (χ1v) is 18.6. The fourth-order valence-electron chi connectivity index (χ4n) is 6.61. The number of phenolic OH excluding ortho intramolecular Hbond substituents is 3. The largest absolute Gasteiger partial charge is 0.508 e. The minimum atomic E-state index is -0.724. The normalized spacial score (nSPS) is 13.8. The number of rotatable bonds is 11. The standard InChI is InChI=1S/C45H43N5O8/c1-25-7-19-36(27(3)40(25)53)49-43(56)35-18-20-37(28(4)41(35)54)48-42(55)30-10-13-32(14-11-30)47-44(57)38-6-5-21-50(38)45(58)31-12-15-33(46-24-31)23-39(52)26(2)22-29-8-16-34(51)17-9-29/h7-20,22,24,38,51,53-54H,5-6,21,23H2,1-4H3,(H,47,57)(H,48,55)(H,49,56)/b26-22+/t38-/m0/s1. The summed E-state index contributed by atoms with van der Waals surface area (Å²) < 4.78 is 0. The van der Waals surface area contributed by atoms with Crippen molar-refractivity contribution >= 4 is 52.6 Å². The summed E-state index contributed by atoms with van der Waals surface area (Å²) in [5.74, 6) is -2.04. The SMILES string of the molecule is C/C(=C\c1ccc(O)cc1)C(=O)Cc1ccc(C(=O)N2CCC[C@H]2C(=O)Nc2ccc(C(=O)Nc3ccc(C(=O)Nc4ccc(C)c(O)c4C)c(O)c3C)cc2)cn1. The second-order valence-electron chi connectivity index (χ2n) is 14.2. The summed E-state index contributed by atoms with van der Waals surface area (Å²) in [6.45, 7) is 7.08. The zero-order chi connectivity index (χ0) is 41.7. The average molecular weight is 782 g/mol. The highest BCUT2D eigenvalue weighted by atomic mass is 16.3. The molecule has 0 radical (unpaired) electrons. The lowest BCUT2D eigenvalue weighted by Crippen LogP contribution is -2.43. The van der Waals surface area contributed by atoms with E-state index in [1.165, 1.54) is 35.4 Å². The molecule has 1 aliphatic heterocycles. The van der Waals surface area contributed by atoms with Gasteiger partial charge in [0.1, 0.15) is 23.3 Å². The maximum Gasteiger partial charge on any atom is 0.259 e. The molecule has 58 heavy (non-hydrogen) atoms. The number of aromatic nitrogens is 1. The van der Waals surface area contributed by atoms with Crippen LogP contribution in [0.25, 0.3) is 6.08 Å². The molecule has 13 nitrogen and oxygen atoms in total. The number of allylic oxidation sites excluding steroid dienone is 1. The van der Waals surface area contributed by atoms with Crippen molar-refractivity contribution in [1.82, 2.24) is 9.88 Å². The van der Waals surface area contributed by atoms with Crippen LogP contribution in [0.2, 0.25) is 0 Å². The molecule has 1 fully saturated rings. The summed E-state index contributed by atoms with van der Waals surface area (Å²) in [5.41, 5.74) is 4.90. The first-order valence-electron chi connectivity index (χ1n) is 18.6. The van der Waals surface area contributed by atoms with Gasteiger partial charge in [0.15, 0.2) is 5.78 Å². The number of amides is 4. The Bertz CT molecular complexity index is 2440. The van der Waals surface area contributed by atoms with Crippen LogP contribution in [-0.4, -0.2) is 67.2 Å². The summed E-state index contributed by atoms with van der Waals surface area (Å²) in [4.78, 5) is 71.7. The Morgan fingerprint density at radius 3 is 2.05 bits per heavy atom. The van der Waals surface area contributed by atoms with Crippen LogP contribution in [0.1, 0.15) is 78.8 Å². The van der Waals surface area contributed by atoms with Gasteiger partial charge in [0.2, 0.25) is 5.91 Å². The lowest BCUT2D eigenvalue weighted by Gasteiger charge is -2.24. The van der Waals surface area contributed by atoms with Crippen molar-refractivity contribution in [2.75, 3.05) is 22.5 Å². The van der Waals surface area contributed by atoms with E-state index in [1.54, 1.807) is 94.4 Å². The Balaban J connectivity index is 1.03. The third-order valence-electron chi connectivity index (χ3n) is 10.2. The van der Waals surface area contributed by atoms with E-state index in [4.69, 9.17) is 0 Å². The minimum Gasteiger partial charge on any atom is -0.508 e. The molecule has 6 rings (SSSR count). The number of nitrogens with zero attached hydrogens (tertiary/aromatic N) is 2. The predicted molar refractivity (Wildman–Crippen MR) is 220 cm³/mol. The van der Waals surface area contributed by atoms with Gasteiger partial charge in [0, 0.05) is 52.2 Å². The molecule has 0 saturated carbocycles. The van der Waals surface area contributed by atoms with E-state index in [-0.39, 0.29) is 58.0 Å². The Morgan fingerprint density at radius 1 is 0.741 bits per heavy atom. The number of hydrogen-bond donors (Lipinski definition) is 6. The second-order valence-corrected chi connectivity index (χ2v) is 14.2. The molecule has 4 aromatic carbocycles. The van der Waals surface area contributed by atoms with Crippen molar-refractivity contribution in [3.8, 4) is 17.2 Å². The van der Waals surface area contributed by atoms with Crippen molar-refractivity contribution in [2.45, 2.75) is 53.0 Å². The summed E-state index contributed by atoms with van der Waals surface area (Å²) >= 11 is 0. The number of anilines is 3. The highest BCUT2D eigenvalue weighted by Crippen LogP contribution is 2.32. The topological polar surface area (TPSA) is 198 Å². The molecule has 296 valence electrons. The number of pyridine rings is 1. The van der Waals surface area contributed by atoms with Crippen LogP contribution in [0.3, 0.4) is 0 Å². The van der Waals surface area contributed by atoms with Crippen molar-refractivity contribution in [3.63, 3.8) is 0 Å². The van der Waals surface area contributed by atoms with Gasteiger partial charge in [-0.15, -0.1) is 0 Å². The molecule has 13 heteroatoms. The van der Waals surface area contributed by atoms with E-state index >= 15 is 0 Å². The van der Waals surface area contributed by atoms with Gasteiger partial charge in [-0.3, -0.25) is 29.0 Å². The third-order valence-corrected chi connectivity index (χ3v) is 10.2.